The summed E-state index contributed by atoms with van der Waals surface area (Å²) in [5.74, 6) is 0.469. The predicted molar refractivity (Wildman–Crippen MR) is 62.5 cm³/mol. The van der Waals surface area contributed by atoms with E-state index in [-0.39, 0.29) is 11.4 Å². The van der Waals surface area contributed by atoms with Crippen LogP contribution in [0.1, 0.15) is 39.4 Å². The lowest BCUT2D eigenvalue weighted by atomic mass is 10.1. The summed E-state index contributed by atoms with van der Waals surface area (Å²) < 4.78 is 5.63. The summed E-state index contributed by atoms with van der Waals surface area (Å²) in [7, 11) is 0. The number of carbonyl (C=O) groups is 1. The minimum atomic E-state index is -1.04. The fourth-order valence-electron chi connectivity index (χ4n) is 1.31. The number of hydrogen-bond donors (Lipinski definition) is 1. The second kappa shape index (κ2) is 4.66. The van der Waals surface area contributed by atoms with E-state index in [0.29, 0.717) is 5.56 Å². The van der Waals surface area contributed by atoms with E-state index in [0.717, 1.165) is 5.75 Å². The third-order valence-electron chi connectivity index (χ3n) is 2.00. The Morgan fingerprint density at radius 3 is 2.12 bits per heavy atom. The lowest BCUT2D eigenvalue weighted by Crippen LogP contribution is -2.22. The number of aliphatic hydroxyl groups excluding tert-OH is 1. The second-order valence-electron chi connectivity index (χ2n) is 4.80. The molecule has 0 saturated heterocycles. The van der Waals surface area contributed by atoms with Crippen molar-refractivity contribution in [2.75, 3.05) is 0 Å². The molecule has 0 aliphatic rings. The molecule has 0 amide bonds. The van der Waals surface area contributed by atoms with Crippen molar-refractivity contribution >= 4 is 5.78 Å². The van der Waals surface area contributed by atoms with Crippen molar-refractivity contribution in [1.29, 1.82) is 0 Å². The van der Waals surface area contributed by atoms with Crippen LogP contribution in [0.15, 0.2) is 24.3 Å². The molecule has 0 aliphatic carbocycles. The van der Waals surface area contributed by atoms with Crippen molar-refractivity contribution in [2.45, 2.75) is 39.4 Å². The van der Waals surface area contributed by atoms with Crippen LogP contribution in [0.4, 0.5) is 0 Å². The van der Waals surface area contributed by atoms with Crippen LogP contribution in [0, 0.1) is 0 Å². The van der Waals surface area contributed by atoms with E-state index in [1.807, 2.05) is 20.8 Å². The van der Waals surface area contributed by atoms with Gasteiger partial charge in [0, 0.05) is 0 Å². The van der Waals surface area contributed by atoms with E-state index >= 15 is 0 Å². The van der Waals surface area contributed by atoms with Gasteiger partial charge >= 0.3 is 0 Å². The standard InChI is InChI=1S/C13H18O3/c1-9(14)12(15)10-5-7-11(8-6-10)16-13(2,3)4/h5-8,12,15H,1-4H3/t12-/m0/s1. The first-order valence-electron chi connectivity index (χ1n) is 5.27. The molecule has 0 saturated carbocycles. The van der Waals surface area contributed by atoms with Gasteiger partial charge in [-0.05, 0) is 45.4 Å². The van der Waals surface area contributed by atoms with E-state index in [9.17, 15) is 9.90 Å². The molecule has 0 aliphatic heterocycles. The Hall–Kier alpha value is -1.35. The minimum absolute atomic E-state index is 0.249. The summed E-state index contributed by atoms with van der Waals surface area (Å²) in [5.41, 5.74) is 0.342. The van der Waals surface area contributed by atoms with E-state index in [2.05, 4.69) is 0 Å². The van der Waals surface area contributed by atoms with Crippen molar-refractivity contribution in [2.24, 2.45) is 0 Å². The Morgan fingerprint density at radius 1 is 1.25 bits per heavy atom. The third kappa shape index (κ3) is 3.66. The second-order valence-corrected chi connectivity index (χ2v) is 4.80. The number of benzene rings is 1. The monoisotopic (exact) mass is 222 g/mol. The zero-order valence-corrected chi connectivity index (χ0v) is 10.2. The molecule has 88 valence electrons. The number of rotatable bonds is 3. The molecule has 1 aromatic carbocycles. The van der Waals surface area contributed by atoms with Gasteiger partial charge in [0.05, 0.1) is 0 Å². The Labute approximate surface area is 96.1 Å². The van der Waals surface area contributed by atoms with Crippen LogP contribution in [0.25, 0.3) is 0 Å². The number of ketones is 1. The molecule has 0 fully saturated rings. The molecule has 3 heteroatoms. The lowest BCUT2D eigenvalue weighted by Gasteiger charge is -2.21. The molecule has 1 aromatic rings. The third-order valence-corrected chi connectivity index (χ3v) is 2.00. The van der Waals surface area contributed by atoms with Crippen LogP contribution in [-0.2, 0) is 4.79 Å². The molecule has 1 atom stereocenters. The molecule has 1 N–H and O–H groups in total. The van der Waals surface area contributed by atoms with Crippen LogP contribution in [0.3, 0.4) is 0 Å². The fraction of sp³-hybridized carbons (Fsp3) is 0.462. The molecule has 0 aromatic heterocycles. The molecule has 0 spiro atoms. The van der Waals surface area contributed by atoms with E-state index in [4.69, 9.17) is 4.74 Å². The number of carbonyl (C=O) groups excluding carboxylic acids is 1. The largest absolute Gasteiger partial charge is 0.488 e. The molecule has 0 radical (unpaired) electrons. The van der Waals surface area contributed by atoms with Crippen molar-refractivity contribution in [3.05, 3.63) is 29.8 Å². The first-order valence-corrected chi connectivity index (χ1v) is 5.27. The van der Waals surface area contributed by atoms with Gasteiger partial charge in [-0.1, -0.05) is 12.1 Å². The molecule has 0 unspecified atom stereocenters. The zero-order valence-electron chi connectivity index (χ0n) is 10.2. The van der Waals surface area contributed by atoms with Crippen LogP contribution >= 0.6 is 0 Å². The summed E-state index contributed by atoms with van der Waals surface area (Å²) in [6.07, 6.45) is -1.04. The fourth-order valence-corrected chi connectivity index (χ4v) is 1.31. The topological polar surface area (TPSA) is 46.5 Å². The highest BCUT2D eigenvalue weighted by Gasteiger charge is 2.14. The van der Waals surface area contributed by atoms with Crippen LogP contribution in [0.2, 0.25) is 0 Å². The number of hydrogen-bond acceptors (Lipinski definition) is 3. The number of ether oxygens (including phenoxy) is 1. The highest BCUT2D eigenvalue weighted by molar-refractivity contribution is 5.81. The molecular formula is C13H18O3. The lowest BCUT2D eigenvalue weighted by molar-refractivity contribution is -0.125. The summed E-state index contributed by atoms with van der Waals surface area (Å²) in [4.78, 5) is 11.0. The normalized spacial score (nSPS) is 13.3. The van der Waals surface area contributed by atoms with Gasteiger partial charge in [-0.25, -0.2) is 0 Å². The van der Waals surface area contributed by atoms with Gasteiger partial charge in [0.2, 0.25) is 0 Å². The van der Waals surface area contributed by atoms with Crippen LogP contribution in [0.5, 0.6) is 5.75 Å². The maximum absolute atomic E-state index is 11.0. The van der Waals surface area contributed by atoms with Gasteiger partial charge in [-0.3, -0.25) is 4.79 Å². The van der Waals surface area contributed by atoms with Gasteiger partial charge in [-0.15, -0.1) is 0 Å². The quantitative estimate of drug-likeness (QED) is 0.854. The molecule has 1 rings (SSSR count). The summed E-state index contributed by atoms with van der Waals surface area (Å²) in [6.45, 7) is 7.26. The summed E-state index contributed by atoms with van der Waals surface area (Å²) in [5, 5.41) is 9.53. The van der Waals surface area contributed by atoms with Crippen molar-refractivity contribution in [3.63, 3.8) is 0 Å². The highest BCUT2D eigenvalue weighted by Crippen LogP contribution is 2.21. The van der Waals surface area contributed by atoms with E-state index < -0.39 is 6.10 Å². The number of Topliss-reactive ketones (excluding diaryl/α,β-unsaturated/α-hetero) is 1. The molecule has 0 bridgehead atoms. The molecule has 0 heterocycles. The van der Waals surface area contributed by atoms with Crippen molar-refractivity contribution < 1.29 is 14.6 Å². The zero-order chi connectivity index (χ0) is 12.3. The average Bonchev–Trinajstić information content (AvgIpc) is 2.15. The average molecular weight is 222 g/mol. The number of aliphatic hydroxyl groups is 1. The Morgan fingerprint density at radius 2 is 1.75 bits per heavy atom. The highest BCUT2D eigenvalue weighted by atomic mass is 16.5. The van der Waals surface area contributed by atoms with Crippen molar-refractivity contribution in [3.8, 4) is 5.75 Å². The van der Waals surface area contributed by atoms with Crippen molar-refractivity contribution in [1.82, 2.24) is 0 Å². The maximum Gasteiger partial charge on any atom is 0.162 e. The van der Waals surface area contributed by atoms with Crippen LogP contribution in [-0.4, -0.2) is 16.5 Å². The summed E-state index contributed by atoms with van der Waals surface area (Å²) >= 11 is 0. The van der Waals surface area contributed by atoms with Gasteiger partial charge in [0.1, 0.15) is 17.5 Å². The Balaban J connectivity index is 2.79. The smallest absolute Gasteiger partial charge is 0.162 e. The van der Waals surface area contributed by atoms with Crippen LogP contribution < -0.4 is 4.74 Å². The van der Waals surface area contributed by atoms with Gasteiger partial charge in [0.25, 0.3) is 0 Å². The Kier molecular flexibility index (Phi) is 3.70. The van der Waals surface area contributed by atoms with Gasteiger partial charge in [-0.2, -0.15) is 0 Å². The van der Waals surface area contributed by atoms with E-state index in [1.54, 1.807) is 24.3 Å². The molecule has 3 nitrogen and oxygen atoms in total. The minimum Gasteiger partial charge on any atom is -0.488 e. The first-order chi connectivity index (χ1) is 7.29. The molecule has 16 heavy (non-hydrogen) atoms. The first kappa shape index (κ1) is 12.7. The summed E-state index contributed by atoms with van der Waals surface area (Å²) in [6, 6.07) is 6.92. The van der Waals surface area contributed by atoms with E-state index in [1.165, 1.54) is 6.92 Å². The SMILES string of the molecule is CC(=O)[C@H](O)c1ccc(OC(C)(C)C)cc1. The van der Waals surface area contributed by atoms with Gasteiger partial charge in [0.15, 0.2) is 5.78 Å². The maximum atomic E-state index is 11.0. The van der Waals surface area contributed by atoms with Gasteiger partial charge < -0.3 is 9.84 Å². The Bertz CT molecular complexity index is 360. The molecular weight excluding hydrogens is 204 g/mol. The predicted octanol–water partition coefficient (Wildman–Crippen LogP) is 2.49.